The fraction of sp³-hybridized carbons (Fsp3) is 0.571. The zero-order chi connectivity index (χ0) is 13.5. The third-order valence-corrected chi connectivity index (χ3v) is 4.78. The van der Waals surface area contributed by atoms with Gasteiger partial charge in [0.05, 0.1) is 11.9 Å². The monoisotopic (exact) mass is 279 g/mol. The molecule has 5 heteroatoms. The number of pyridine rings is 1. The minimum Gasteiger partial charge on any atom is -0.324 e. The number of aromatic nitrogens is 1. The van der Waals surface area contributed by atoms with Gasteiger partial charge in [-0.2, -0.15) is 0 Å². The summed E-state index contributed by atoms with van der Waals surface area (Å²) in [5.74, 6) is 0.302. The average Bonchev–Trinajstić information content (AvgIpc) is 3.08. The summed E-state index contributed by atoms with van der Waals surface area (Å²) < 4.78 is 0. The van der Waals surface area contributed by atoms with Gasteiger partial charge in [-0.25, -0.2) is 4.98 Å². The summed E-state index contributed by atoms with van der Waals surface area (Å²) in [4.78, 5) is 16.3. The molecule has 3 rings (SSSR count). The van der Waals surface area contributed by atoms with Gasteiger partial charge < -0.3 is 10.6 Å². The Morgan fingerprint density at radius 3 is 2.95 bits per heavy atom. The number of hydrogen-bond donors (Lipinski definition) is 2. The van der Waals surface area contributed by atoms with Crippen LogP contribution in [0.25, 0.3) is 0 Å². The summed E-state index contributed by atoms with van der Waals surface area (Å²) in [6.07, 6.45) is 4.87. The molecule has 0 bridgehead atoms. The topological polar surface area (TPSA) is 54.0 Å². The van der Waals surface area contributed by atoms with Crippen LogP contribution in [0, 0.1) is 18.3 Å². The van der Waals surface area contributed by atoms with E-state index in [0.717, 1.165) is 43.6 Å². The zero-order valence-electron chi connectivity index (χ0n) is 11.0. The Balaban J connectivity index is 1.64. The molecule has 19 heavy (non-hydrogen) atoms. The first-order valence-corrected chi connectivity index (χ1v) is 7.12. The Hall–Kier alpha value is -1.13. The Labute approximate surface area is 117 Å². The van der Waals surface area contributed by atoms with Crippen molar-refractivity contribution in [3.05, 3.63) is 23.0 Å². The minimum atomic E-state index is 0.130. The van der Waals surface area contributed by atoms with Gasteiger partial charge in [-0.05, 0) is 56.3 Å². The molecule has 102 valence electrons. The predicted octanol–water partition coefficient (Wildman–Crippen LogP) is 2.37. The van der Waals surface area contributed by atoms with Gasteiger partial charge in [0.15, 0.2) is 0 Å². The average molecular weight is 280 g/mol. The molecule has 0 radical (unpaired) electrons. The second-order valence-electron chi connectivity index (χ2n) is 5.69. The number of carbonyl (C=O) groups excluding carboxylic acids is 1. The number of nitrogens with one attached hydrogen (secondary N) is 2. The highest BCUT2D eigenvalue weighted by Crippen LogP contribution is 2.58. The summed E-state index contributed by atoms with van der Waals surface area (Å²) in [5.41, 5.74) is 1.89. The molecule has 0 aromatic carbocycles. The lowest BCUT2D eigenvalue weighted by Gasteiger charge is -2.23. The van der Waals surface area contributed by atoms with Crippen molar-refractivity contribution in [3.8, 4) is 0 Å². The molecule has 2 aliphatic rings. The largest absolute Gasteiger partial charge is 0.324 e. The molecule has 2 heterocycles. The summed E-state index contributed by atoms with van der Waals surface area (Å²) in [5, 5.41) is 6.80. The van der Waals surface area contributed by atoms with Gasteiger partial charge in [-0.15, -0.1) is 0 Å². The number of anilines is 1. The normalized spacial score (nSPS) is 24.2. The van der Waals surface area contributed by atoms with Crippen molar-refractivity contribution >= 4 is 23.2 Å². The van der Waals surface area contributed by atoms with E-state index in [4.69, 9.17) is 11.6 Å². The molecule has 1 saturated carbocycles. The molecule has 2 fully saturated rings. The molecule has 1 aromatic rings. The van der Waals surface area contributed by atoms with E-state index in [9.17, 15) is 4.79 Å². The van der Waals surface area contributed by atoms with Gasteiger partial charge in [0.2, 0.25) is 5.91 Å². The van der Waals surface area contributed by atoms with Crippen LogP contribution in [-0.2, 0) is 4.79 Å². The second kappa shape index (κ2) is 4.76. The van der Waals surface area contributed by atoms with Crippen molar-refractivity contribution in [2.24, 2.45) is 11.3 Å². The SMILES string of the molecule is Cc1cc(NC(=O)C2CC23CCNCC3)cnc1Cl. The van der Waals surface area contributed by atoms with Crippen LogP contribution in [0.15, 0.2) is 12.3 Å². The number of hydrogen-bond acceptors (Lipinski definition) is 3. The number of amides is 1. The number of carbonyl (C=O) groups is 1. The van der Waals surface area contributed by atoms with Gasteiger partial charge in [0.1, 0.15) is 5.15 Å². The summed E-state index contributed by atoms with van der Waals surface area (Å²) >= 11 is 5.88. The maximum absolute atomic E-state index is 12.3. The first-order valence-electron chi connectivity index (χ1n) is 6.74. The molecule has 1 spiro atoms. The van der Waals surface area contributed by atoms with Crippen LogP contribution in [0.4, 0.5) is 5.69 Å². The molecular weight excluding hydrogens is 262 g/mol. The molecule has 4 nitrogen and oxygen atoms in total. The third-order valence-electron chi connectivity index (χ3n) is 4.39. The molecule has 1 amide bonds. The fourth-order valence-corrected chi connectivity index (χ4v) is 3.15. The first kappa shape index (κ1) is 12.9. The van der Waals surface area contributed by atoms with E-state index >= 15 is 0 Å². The number of piperidine rings is 1. The number of aryl methyl sites for hydroxylation is 1. The lowest BCUT2D eigenvalue weighted by atomic mass is 9.92. The van der Waals surface area contributed by atoms with Gasteiger partial charge in [-0.1, -0.05) is 11.6 Å². The molecular formula is C14H18ClN3O. The molecule has 1 aliphatic heterocycles. The van der Waals surface area contributed by atoms with Crippen molar-refractivity contribution in [1.29, 1.82) is 0 Å². The maximum Gasteiger partial charge on any atom is 0.228 e. The molecule has 1 unspecified atom stereocenters. The molecule has 1 atom stereocenters. The maximum atomic E-state index is 12.3. The summed E-state index contributed by atoms with van der Waals surface area (Å²) in [7, 11) is 0. The van der Waals surface area contributed by atoms with Crippen LogP contribution in [0.2, 0.25) is 5.15 Å². The van der Waals surface area contributed by atoms with Crippen LogP contribution < -0.4 is 10.6 Å². The number of rotatable bonds is 2. The minimum absolute atomic E-state index is 0.130. The number of nitrogens with zero attached hydrogens (tertiary/aromatic N) is 1. The van der Waals surface area contributed by atoms with E-state index in [2.05, 4.69) is 15.6 Å². The van der Waals surface area contributed by atoms with Gasteiger partial charge in [0, 0.05) is 5.92 Å². The van der Waals surface area contributed by atoms with Crippen molar-refractivity contribution in [2.75, 3.05) is 18.4 Å². The van der Waals surface area contributed by atoms with E-state index in [-0.39, 0.29) is 17.2 Å². The highest BCUT2D eigenvalue weighted by atomic mass is 35.5. The second-order valence-corrected chi connectivity index (χ2v) is 6.05. The van der Waals surface area contributed by atoms with Crippen molar-refractivity contribution in [2.45, 2.75) is 26.2 Å². The van der Waals surface area contributed by atoms with Crippen molar-refractivity contribution < 1.29 is 4.79 Å². The predicted molar refractivity (Wildman–Crippen MR) is 75.3 cm³/mol. The Morgan fingerprint density at radius 2 is 2.26 bits per heavy atom. The van der Waals surface area contributed by atoms with E-state index in [1.165, 1.54) is 0 Å². The van der Waals surface area contributed by atoms with E-state index in [1.54, 1.807) is 6.20 Å². The zero-order valence-corrected chi connectivity index (χ0v) is 11.8. The first-order chi connectivity index (χ1) is 9.11. The Bertz CT molecular complexity index is 511. The fourth-order valence-electron chi connectivity index (χ4n) is 3.05. The van der Waals surface area contributed by atoms with E-state index in [1.807, 2.05) is 13.0 Å². The van der Waals surface area contributed by atoms with Gasteiger partial charge >= 0.3 is 0 Å². The van der Waals surface area contributed by atoms with Gasteiger partial charge in [-0.3, -0.25) is 4.79 Å². The molecule has 1 saturated heterocycles. The van der Waals surface area contributed by atoms with Crippen LogP contribution >= 0.6 is 11.6 Å². The Morgan fingerprint density at radius 1 is 1.53 bits per heavy atom. The van der Waals surface area contributed by atoms with Crippen LogP contribution in [0.3, 0.4) is 0 Å². The molecule has 1 aromatic heterocycles. The van der Waals surface area contributed by atoms with E-state index in [0.29, 0.717) is 5.15 Å². The van der Waals surface area contributed by atoms with E-state index < -0.39 is 0 Å². The molecule has 1 aliphatic carbocycles. The highest BCUT2D eigenvalue weighted by Gasteiger charge is 2.57. The smallest absolute Gasteiger partial charge is 0.228 e. The van der Waals surface area contributed by atoms with Crippen molar-refractivity contribution in [1.82, 2.24) is 10.3 Å². The van der Waals surface area contributed by atoms with Crippen molar-refractivity contribution in [3.63, 3.8) is 0 Å². The highest BCUT2D eigenvalue weighted by molar-refractivity contribution is 6.30. The summed E-state index contributed by atoms with van der Waals surface area (Å²) in [6.45, 7) is 3.95. The quantitative estimate of drug-likeness (QED) is 0.817. The lowest BCUT2D eigenvalue weighted by molar-refractivity contribution is -0.118. The van der Waals surface area contributed by atoms with Crippen LogP contribution in [0.5, 0.6) is 0 Å². The number of halogens is 1. The van der Waals surface area contributed by atoms with Crippen LogP contribution in [-0.4, -0.2) is 24.0 Å². The third kappa shape index (κ3) is 2.47. The summed E-state index contributed by atoms with van der Waals surface area (Å²) in [6, 6.07) is 1.87. The van der Waals surface area contributed by atoms with Crippen LogP contribution in [0.1, 0.15) is 24.8 Å². The lowest BCUT2D eigenvalue weighted by Crippen LogP contribution is -2.31. The standard InChI is InChI=1S/C14H18ClN3O/c1-9-6-10(8-17-12(9)15)18-13(19)11-7-14(11)2-4-16-5-3-14/h6,8,11,16H,2-5,7H2,1H3,(H,18,19). The molecule has 2 N–H and O–H groups in total. The van der Waals surface area contributed by atoms with Gasteiger partial charge in [0.25, 0.3) is 0 Å². The Kier molecular flexibility index (Phi) is 3.23.